The summed E-state index contributed by atoms with van der Waals surface area (Å²) in [6, 6.07) is 0. The molecular weight excluding hydrogens is 604 g/mol. The van der Waals surface area contributed by atoms with E-state index in [9.17, 15) is 0 Å². The van der Waals surface area contributed by atoms with Crippen LogP contribution in [0.3, 0.4) is 0 Å². The number of hydrogen-bond donors (Lipinski definition) is 0. The fourth-order valence-electron chi connectivity index (χ4n) is 0. The Balaban J connectivity index is -0.0000000400. The van der Waals surface area contributed by atoms with Gasteiger partial charge >= 0.3 is 74.7 Å². The Morgan fingerprint density at radius 3 is 0.471 bits per heavy atom. The Kier molecular flexibility index (Phi) is 24.1. The molecule has 0 unspecified atom stereocenters. The molecule has 0 radical (unpaired) electrons. The Labute approximate surface area is 156 Å². The fraction of sp³-hybridized carbons (Fsp3) is 0. The summed E-state index contributed by atoms with van der Waals surface area (Å²) in [6.07, 6.45) is 0. The molecule has 0 bridgehead atoms. The van der Waals surface area contributed by atoms with Gasteiger partial charge in [-0.25, -0.2) is 0 Å². The maximum Gasteiger partial charge on any atom is 4.00 e. The van der Waals surface area contributed by atoms with E-state index in [1.165, 1.54) is 0 Å². The van der Waals surface area contributed by atoms with Crippen molar-refractivity contribution < 1.29 is 78.4 Å². The summed E-state index contributed by atoms with van der Waals surface area (Å²) in [4.78, 5) is 0. The molecule has 17 heavy (non-hydrogen) atoms. The third-order valence-electron chi connectivity index (χ3n) is 0. The Morgan fingerprint density at radius 1 is 0.471 bits per heavy atom. The van der Waals surface area contributed by atoms with Crippen LogP contribution in [0.2, 0.25) is 0 Å². The molecule has 0 amide bonds. The van der Waals surface area contributed by atoms with Crippen LogP contribution in [0.25, 0.3) is 0 Å². The minimum absolute atomic E-state index is 0. The summed E-state index contributed by atoms with van der Waals surface area (Å²) in [5.41, 5.74) is 0. The van der Waals surface area contributed by atoms with Crippen LogP contribution in [0.5, 0.6) is 0 Å². The van der Waals surface area contributed by atoms with Crippen LogP contribution in [-0.2, 0) is 57.0 Å². The third-order valence-corrected chi connectivity index (χ3v) is 0. The second kappa shape index (κ2) is 13.1. The maximum absolute atomic E-state index is 8.52. The van der Waals surface area contributed by atoms with E-state index in [1.807, 2.05) is 0 Å². The minimum atomic E-state index is -5.17. The Bertz CT molecular complexity index is 343. The van der Waals surface area contributed by atoms with Gasteiger partial charge in [-0.15, -0.1) is 0 Å². The standard InChI is InChI=1S/Ba.Hf.3H2O4S/c;;3*1-5(2,3)4/h;;3*(H2,1,2,3,4)/q+2;+4;;;/p-6. The second-order valence-corrected chi connectivity index (χ2v) is 3.67. The molecule has 0 saturated heterocycles. The van der Waals surface area contributed by atoms with E-state index < -0.39 is 31.2 Å². The molecular formula is BaHfO12S3. The molecule has 0 rings (SSSR count). The zero-order valence-corrected chi connectivity index (χ0v) is 17.8. The Morgan fingerprint density at radius 2 is 0.471 bits per heavy atom. The first-order chi connectivity index (χ1) is 6.00. The summed E-state index contributed by atoms with van der Waals surface area (Å²) in [7, 11) is -15.5. The molecule has 96 valence electrons. The van der Waals surface area contributed by atoms with Crippen LogP contribution in [0.1, 0.15) is 0 Å². The van der Waals surface area contributed by atoms with Crippen LogP contribution >= 0.6 is 0 Å². The molecule has 0 aliphatic heterocycles. The van der Waals surface area contributed by atoms with Gasteiger partial charge in [0.2, 0.25) is 0 Å². The van der Waals surface area contributed by atoms with E-state index in [0.717, 1.165) is 0 Å². The molecule has 0 aromatic heterocycles. The molecule has 0 N–H and O–H groups in total. The summed E-state index contributed by atoms with van der Waals surface area (Å²) >= 11 is 0. The second-order valence-electron chi connectivity index (χ2n) is 1.22. The number of rotatable bonds is 0. The van der Waals surface area contributed by atoms with Crippen molar-refractivity contribution >= 4 is 80.1 Å². The van der Waals surface area contributed by atoms with Crippen LogP contribution in [0, 0.1) is 0 Å². The van der Waals surface area contributed by atoms with Crippen LogP contribution in [0.4, 0.5) is 0 Å². The van der Waals surface area contributed by atoms with Crippen molar-refractivity contribution in [3.63, 3.8) is 0 Å². The van der Waals surface area contributed by atoms with E-state index in [4.69, 9.17) is 52.6 Å². The normalized spacial score (nSPS) is 10.2. The summed E-state index contributed by atoms with van der Waals surface area (Å²) in [5, 5.41) is 0. The van der Waals surface area contributed by atoms with Gasteiger partial charge in [-0.1, -0.05) is 0 Å². The van der Waals surface area contributed by atoms with Crippen molar-refractivity contribution in [1.29, 1.82) is 0 Å². The molecule has 0 heterocycles. The first-order valence-corrected chi connectivity index (χ1v) is 6.00. The van der Waals surface area contributed by atoms with Crippen LogP contribution in [-0.4, -0.2) is 101 Å². The van der Waals surface area contributed by atoms with E-state index in [0.29, 0.717) is 0 Å². The molecule has 12 nitrogen and oxygen atoms in total. The first kappa shape index (κ1) is 31.4. The SMILES string of the molecule is O=S(=O)([O-])[O-].O=S(=O)([O-])[O-].O=S(=O)([O-])[O-].[Ba+2].[Hf+4]. The summed E-state index contributed by atoms with van der Waals surface area (Å²) < 4.78 is 102. The van der Waals surface area contributed by atoms with Gasteiger partial charge in [0, 0.05) is 31.2 Å². The predicted octanol–water partition coefficient (Wildman–Crippen LogP) is -4.40. The van der Waals surface area contributed by atoms with Gasteiger partial charge in [-0.3, -0.25) is 25.3 Å². The first-order valence-electron chi connectivity index (χ1n) is 2.00. The third kappa shape index (κ3) is 1110. The van der Waals surface area contributed by atoms with Crippen LogP contribution in [0.15, 0.2) is 0 Å². The topological polar surface area (TPSA) is 241 Å². The van der Waals surface area contributed by atoms with Gasteiger partial charge < -0.3 is 27.3 Å². The van der Waals surface area contributed by atoms with Crippen molar-refractivity contribution in [3.05, 3.63) is 0 Å². The van der Waals surface area contributed by atoms with Gasteiger partial charge in [0.25, 0.3) is 0 Å². The van der Waals surface area contributed by atoms with Gasteiger partial charge in [0.05, 0.1) is 0 Å². The predicted molar refractivity (Wildman–Crippen MR) is 37.2 cm³/mol. The molecule has 0 aromatic rings. The monoisotopic (exact) mass is 606 g/mol. The molecule has 0 fully saturated rings. The van der Waals surface area contributed by atoms with Gasteiger partial charge in [0.15, 0.2) is 0 Å². The Hall–Kier alpha value is 2.05. The molecule has 17 heteroatoms. The van der Waals surface area contributed by atoms with Gasteiger partial charge in [-0.05, 0) is 0 Å². The number of hydrogen-bond acceptors (Lipinski definition) is 12. The molecule has 0 spiro atoms. The maximum atomic E-state index is 8.52. The average Bonchev–Trinajstić information content (AvgIpc) is 1.41. The minimum Gasteiger partial charge on any atom is -0.759 e. The summed E-state index contributed by atoms with van der Waals surface area (Å²) in [6.45, 7) is 0. The zero-order valence-electron chi connectivity index (χ0n) is 7.33. The van der Waals surface area contributed by atoms with E-state index in [-0.39, 0.29) is 74.7 Å². The molecule has 0 aromatic carbocycles. The van der Waals surface area contributed by atoms with Crippen molar-refractivity contribution in [2.24, 2.45) is 0 Å². The largest absolute Gasteiger partial charge is 4.00 e. The fourth-order valence-corrected chi connectivity index (χ4v) is 0. The summed E-state index contributed by atoms with van der Waals surface area (Å²) in [5.74, 6) is 0. The van der Waals surface area contributed by atoms with E-state index in [2.05, 4.69) is 0 Å². The van der Waals surface area contributed by atoms with E-state index in [1.54, 1.807) is 0 Å². The van der Waals surface area contributed by atoms with Crippen molar-refractivity contribution in [2.75, 3.05) is 0 Å². The molecule has 0 saturated carbocycles. The van der Waals surface area contributed by atoms with Gasteiger partial charge in [-0.2, -0.15) is 0 Å². The smallest absolute Gasteiger partial charge is 0.759 e. The van der Waals surface area contributed by atoms with Gasteiger partial charge in [0.1, 0.15) is 0 Å². The van der Waals surface area contributed by atoms with Crippen LogP contribution < -0.4 is 0 Å². The molecule has 0 aliphatic rings. The van der Waals surface area contributed by atoms with Crippen molar-refractivity contribution in [1.82, 2.24) is 0 Å². The quantitative estimate of drug-likeness (QED) is 0.145. The van der Waals surface area contributed by atoms with Crippen molar-refractivity contribution in [2.45, 2.75) is 0 Å². The average molecular weight is 604 g/mol. The molecule has 0 atom stereocenters. The van der Waals surface area contributed by atoms with E-state index >= 15 is 0 Å². The van der Waals surface area contributed by atoms with Crippen molar-refractivity contribution in [3.8, 4) is 0 Å². The molecule has 0 aliphatic carbocycles. The zero-order chi connectivity index (χ0) is 13.5.